The van der Waals surface area contributed by atoms with Crippen LogP contribution in [0.15, 0.2) is 170 Å². The van der Waals surface area contributed by atoms with Crippen LogP contribution in [0.3, 0.4) is 0 Å². The molecule has 11 rings (SSSR count). The van der Waals surface area contributed by atoms with Crippen molar-refractivity contribution in [1.29, 1.82) is 0 Å². The fourth-order valence-corrected chi connectivity index (χ4v) is 10.5. The zero-order chi connectivity index (χ0) is 34.6. The second-order valence-corrected chi connectivity index (χ2v) is 15.9. The van der Waals surface area contributed by atoms with E-state index in [1.165, 1.54) is 108 Å². The molecule has 1 heterocycles. The molecule has 1 aliphatic carbocycles. The molecule has 1 heteroatoms. The maximum Gasteiger partial charge on any atom is 0.0440 e. The third-order valence-electron chi connectivity index (χ3n) is 11.6. The van der Waals surface area contributed by atoms with Crippen molar-refractivity contribution < 1.29 is 0 Å². The van der Waals surface area contributed by atoms with Gasteiger partial charge in [0, 0.05) is 31.2 Å². The topological polar surface area (TPSA) is 0 Å². The lowest BCUT2D eigenvalue weighted by Gasteiger charge is -2.23. The van der Waals surface area contributed by atoms with Crippen molar-refractivity contribution in [2.24, 2.45) is 0 Å². The van der Waals surface area contributed by atoms with Crippen LogP contribution in [0.5, 0.6) is 0 Å². The average Bonchev–Trinajstić information content (AvgIpc) is 3.67. The largest absolute Gasteiger partial charge is 0.135 e. The molecule has 0 saturated carbocycles. The van der Waals surface area contributed by atoms with E-state index in [-0.39, 0.29) is 5.41 Å². The van der Waals surface area contributed by atoms with Gasteiger partial charge in [-0.2, -0.15) is 0 Å². The lowest BCUT2D eigenvalue weighted by atomic mass is 9.79. The smallest absolute Gasteiger partial charge is 0.0440 e. The first-order valence-corrected chi connectivity index (χ1v) is 19.0. The van der Waals surface area contributed by atoms with Crippen LogP contribution >= 0.6 is 11.3 Å². The molecule has 0 N–H and O–H groups in total. The van der Waals surface area contributed by atoms with Gasteiger partial charge in [0.2, 0.25) is 0 Å². The number of fused-ring (bicyclic) bond motifs is 9. The summed E-state index contributed by atoms with van der Waals surface area (Å²) in [6.07, 6.45) is 0. The van der Waals surface area contributed by atoms with E-state index in [0.29, 0.717) is 0 Å². The van der Waals surface area contributed by atoms with Crippen molar-refractivity contribution in [3.8, 4) is 44.5 Å². The maximum atomic E-state index is 2.50. The number of rotatable bonds is 3. The first kappa shape index (κ1) is 29.7. The van der Waals surface area contributed by atoms with Gasteiger partial charge in [-0.1, -0.05) is 159 Å². The highest BCUT2D eigenvalue weighted by Gasteiger charge is 2.36. The summed E-state index contributed by atoms with van der Waals surface area (Å²) in [5.74, 6) is 0. The Kier molecular flexibility index (Phi) is 6.27. The van der Waals surface area contributed by atoms with Crippen molar-refractivity contribution in [3.05, 3.63) is 181 Å². The van der Waals surface area contributed by atoms with Gasteiger partial charge in [0.1, 0.15) is 0 Å². The van der Waals surface area contributed by atoms with Crippen LogP contribution in [0.25, 0.3) is 97.0 Å². The van der Waals surface area contributed by atoms with Gasteiger partial charge in [-0.3, -0.25) is 0 Å². The minimum Gasteiger partial charge on any atom is -0.135 e. The highest BCUT2D eigenvalue weighted by molar-refractivity contribution is 7.26. The summed E-state index contributed by atoms with van der Waals surface area (Å²) in [4.78, 5) is 0. The average molecular weight is 679 g/mol. The SMILES string of the molecule is CC1(C)c2cc(-c3c4ccccc4c(-c4ccccc4)c4ccccc34)ccc2-c2ccc(-c3c4ccccc4cc4c3sc3ccccc34)cc21. The molecule has 244 valence electrons. The number of thiophene rings is 1. The van der Waals surface area contributed by atoms with E-state index < -0.39 is 0 Å². The molecule has 0 unspecified atom stereocenters. The minimum atomic E-state index is -0.171. The molecular formula is C51H34S. The minimum absolute atomic E-state index is 0.171. The van der Waals surface area contributed by atoms with E-state index in [1.54, 1.807) is 0 Å². The van der Waals surface area contributed by atoms with Gasteiger partial charge >= 0.3 is 0 Å². The van der Waals surface area contributed by atoms with E-state index in [0.717, 1.165) is 0 Å². The zero-order valence-electron chi connectivity index (χ0n) is 29.1. The predicted molar refractivity (Wildman–Crippen MR) is 226 cm³/mol. The first-order chi connectivity index (χ1) is 25.6. The molecule has 0 atom stereocenters. The summed E-state index contributed by atoms with van der Waals surface area (Å²) in [5, 5.41) is 10.5. The molecule has 0 saturated heterocycles. The Bertz CT molecular complexity index is 3030. The fourth-order valence-electron chi connectivity index (χ4n) is 9.21. The first-order valence-electron chi connectivity index (χ1n) is 18.2. The van der Waals surface area contributed by atoms with E-state index in [2.05, 4.69) is 184 Å². The second kappa shape index (κ2) is 11.0. The fraction of sp³-hybridized carbons (Fsp3) is 0.0588. The Hall–Kier alpha value is -6.02. The highest BCUT2D eigenvalue weighted by Crippen LogP contribution is 2.53. The van der Waals surface area contributed by atoms with Gasteiger partial charge in [-0.05, 0) is 107 Å². The Morgan fingerprint density at radius 1 is 0.365 bits per heavy atom. The summed E-state index contributed by atoms with van der Waals surface area (Å²) in [6, 6.07) is 63.4. The van der Waals surface area contributed by atoms with Gasteiger partial charge in [0.05, 0.1) is 0 Å². The molecule has 0 fully saturated rings. The molecule has 0 amide bonds. The monoisotopic (exact) mass is 678 g/mol. The molecule has 0 bridgehead atoms. The van der Waals surface area contributed by atoms with Crippen molar-refractivity contribution in [3.63, 3.8) is 0 Å². The molecule has 52 heavy (non-hydrogen) atoms. The standard InChI is InChI=1S/C51H34S/c1-51(2)44-29-33(48-41-21-10-8-19-39(41)47(31-14-4-3-5-15-31)40-20-9-11-22-42(40)48)24-26-36(44)37-27-25-34(30-45(37)51)49-35-17-7-6-16-32(35)28-43-38-18-12-13-23-46(38)52-50(43)49/h3-30H,1-2H3. The lowest BCUT2D eigenvalue weighted by Crippen LogP contribution is -2.15. The molecule has 10 aromatic rings. The van der Waals surface area contributed by atoms with E-state index in [9.17, 15) is 0 Å². The number of hydrogen-bond donors (Lipinski definition) is 0. The van der Waals surface area contributed by atoms with Crippen molar-refractivity contribution >= 4 is 63.8 Å². The summed E-state index contributed by atoms with van der Waals surface area (Å²) >= 11 is 1.92. The number of benzene rings is 9. The Morgan fingerprint density at radius 2 is 0.846 bits per heavy atom. The quantitative estimate of drug-likeness (QED) is 0.163. The third-order valence-corrected chi connectivity index (χ3v) is 12.8. The van der Waals surface area contributed by atoms with Crippen molar-refractivity contribution in [2.75, 3.05) is 0 Å². The molecule has 1 aliphatic rings. The number of hydrogen-bond acceptors (Lipinski definition) is 1. The van der Waals surface area contributed by atoms with Gasteiger partial charge < -0.3 is 0 Å². The van der Waals surface area contributed by atoms with Crippen LogP contribution in [0.1, 0.15) is 25.0 Å². The van der Waals surface area contributed by atoms with E-state index >= 15 is 0 Å². The summed E-state index contributed by atoms with van der Waals surface area (Å²) in [6.45, 7) is 4.83. The van der Waals surface area contributed by atoms with Crippen LogP contribution in [0, 0.1) is 0 Å². The third kappa shape index (κ3) is 4.15. The predicted octanol–water partition coefficient (Wildman–Crippen LogP) is 14.8. The lowest BCUT2D eigenvalue weighted by molar-refractivity contribution is 0.661. The van der Waals surface area contributed by atoms with Crippen LogP contribution in [-0.4, -0.2) is 0 Å². The summed E-state index contributed by atoms with van der Waals surface area (Å²) in [5.41, 5.74) is 13.1. The summed E-state index contributed by atoms with van der Waals surface area (Å²) in [7, 11) is 0. The molecule has 9 aromatic carbocycles. The van der Waals surface area contributed by atoms with Gasteiger partial charge in [0.15, 0.2) is 0 Å². The van der Waals surface area contributed by atoms with Crippen LogP contribution in [0.4, 0.5) is 0 Å². The van der Waals surface area contributed by atoms with Crippen molar-refractivity contribution in [2.45, 2.75) is 19.3 Å². The molecular weight excluding hydrogens is 645 g/mol. The molecule has 0 radical (unpaired) electrons. The molecule has 0 spiro atoms. The summed E-state index contributed by atoms with van der Waals surface area (Å²) < 4.78 is 2.71. The van der Waals surface area contributed by atoms with E-state index in [1.807, 2.05) is 11.3 Å². The van der Waals surface area contributed by atoms with Crippen LogP contribution in [-0.2, 0) is 5.41 Å². The second-order valence-electron chi connectivity index (χ2n) is 14.8. The Morgan fingerprint density at radius 3 is 1.46 bits per heavy atom. The van der Waals surface area contributed by atoms with Gasteiger partial charge in [-0.15, -0.1) is 11.3 Å². The zero-order valence-corrected chi connectivity index (χ0v) is 29.9. The van der Waals surface area contributed by atoms with Gasteiger partial charge in [0.25, 0.3) is 0 Å². The molecule has 0 aliphatic heterocycles. The molecule has 1 aromatic heterocycles. The highest BCUT2D eigenvalue weighted by atomic mass is 32.1. The van der Waals surface area contributed by atoms with Crippen LogP contribution in [0.2, 0.25) is 0 Å². The Labute approximate surface area is 307 Å². The molecule has 0 nitrogen and oxygen atoms in total. The maximum absolute atomic E-state index is 2.50. The van der Waals surface area contributed by atoms with Crippen molar-refractivity contribution in [1.82, 2.24) is 0 Å². The van der Waals surface area contributed by atoms with Crippen LogP contribution < -0.4 is 0 Å². The van der Waals surface area contributed by atoms with Gasteiger partial charge in [-0.25, -0.2) is 0 Å². The van der Waals surface area contributed by atoms with E-state index in [4.69, 9.17) is 0 Å². The normalized spacial score (nSPS) is 13.3. The Balaban J connectivity index is 1.11.